The van der Waals surface area contributed by atoms with E-state index < -0.39 is 5.97 Å². The van der Waals surface area contributed by atoms with Gasteiger partial charge in [-0.2, -0.15) is 0 Å². The van der Waals surface area contributed by atoms with Crippen molar-refractivity contribution in [3.63, 3.8) is 0 Å². The molecule has 5 heteroatoms. The van der Waals surface area contributed by atoms with Crippen molar-refractivity contribution in [2.75, 3.05) is 12.3 Å². The molecule has 1 amide bonds. The number of nitrogens with two attached hydrogens (primary N) is 1. The minimum atomic E-state index is -0.535. The number of ether oxygens (including phenoxy) is 1. The summed E-state index contributed by atoms with van der Waals surface area (Å²) in [6.07, 6.45) is 0. The Balaban J connectivity index is 1.95. The molecule has 0 saturated carbocycles. The minimum absolute atomic E-state index is 0.00734. The first-order chi connectivity index (χ1) is 11.5. The summed E-state index contributed by atoms with van der Waals surface area (Å²) < 4.78 is 5.13. The van der Waals surface area contributed by atoms with Crippen LogP contribution in [0.4, 0.5) is 5.69 Å². The Morgan fingerprint density at radius 1 is 1.04 bits per heavy atom. The highest BCUT2D eigenvalue weighted by molar-refractivity contribution is 5.91. The van der Waals surface area contributed by atoms with Gasteiger partial charge in [-0.1, -0.05) is 30.3 Å². The molecule has 0 atom stereocenters. The number of nitrogen functional groups attached to an aromatic ring is 1. The third kappa shape index (κ3) is 4.84. The molecule has 0 unspecified atom stereocenters. The number of rotatable bonds is 6. The van der Waals surface area contributed by atoms with E-state index in [1.54, 1.807) is 29.2 Å². The third-order valence-electron chi connectivity index (χ3n) is 3.61. The SMILES string of the molecule is CC(C)N(Cc1ccccc1)C(=O)COC(=O)c1ccc(N)cc1. The largest absolute Gasteiger partial charge is 0.452 e. The number of amides is 1. The maximum atomic E-state index is 12.4. The van der Waals surface area contributed by atoms with Crippen LogP contribution >= 0.6 is 0 Å². The average Bonchev–Trinajstić information content (AvgIpc) is 2.58. The second-order valence-corrected chi connectivity index (χ2v) is 5.80. The highest BCUT2D eigenvalue weighted by atomic mass is 16.5. The number of hydrogen-bond acceptors (Lipinski definition) is 4. The molecule has 0 fully saturated rings. The van der Waals surface area contributed by atoms with Crippen LogP contribution in [0.25, 0.3) is 0 Å². The van der Waals surface area contributed by atoms with Crippen molar-refractivity contribution in [1.29, 1.82) is 0 Å². The molecule has 0 aliphatic rings. The lowest BCUT2D eigenvalue weighted by atomic mass is 10.2. The van der Waals surface area contributed by atoms with Crippen LogP contribution in [0.5, 0.6) is 0 Å². The molecule has 0 radical (unpaired) electrons. The van der Waals surface area contributed by atoms with Gasteiger partial charge in [0.05, 0.1) is 5.56 Å². The van der Waals surface area contributed by atoms with Crippen molar-refractivity contribution in [1.82, 2.24) is 4.90 Å². The number of anilines is 1. The van der Waals surface area contributed by atoms with Gasteiger partial charge < -0.3 is 15.4 Å². The van der Waals surface area contributed by atoms with Gasteiger partial charge in [-0.05, 0) is 43.7 Å². The fourth-order valence-electron chi connectivity index (χ4n) is 2.25. The molecule has 0 aliphatic heterocycles. The van der Waals surface area contributed by atoms with E-state index in [0.29, 0.717) is 17.8 Å². The second-order valence-electron chi connectivity index (χ2n) is 5.80. The normalized spacial score (nSPS) is 10.5. The number of hydrogen-bond donors (Lipinski definition) is 1. The zero-order chi connectivity index (χ0) is 17.5. The summed E-state index contributed by atoms with van der Waals surface area (Å²) in [6, 6.07) is 16.1. The predicted octanol–water partition coefficient (Wildman–Crippen LogP) is 2.86. The van der Waals surface area contributed by atoms with Crippen LogP contribution in [0.15, 0.2) is 54.6 Å². The first-order valence-electron chi connectivity index (χ1n) is 7.83. The molecule has 0 heterocycles. The van der Waals surface area contributed by atoms with E-state index in [-0.39, 0.29) is 18.6 Å². The quantitative estimate of drug-likeness (QED) is 0.654. The summed E-state index contributed by atoms with van der Waals surface area (Å²) in [5.41, 5.74) is 7.55. The molecule has 126 valence electrons. The van der Waals surface area contributed by atoms with Gasteiger partial charge >= 0.3 is 5.97 Å². The Bertz CT molecular complexity index is 682. The van der Waals surface area contributed by atoms with Gasteiger partial charge in [0.1, 0.15) is 0 Å². The lowest BCUT2D eigenvalue weighted by Gasteiger charge is -2.26. The van der Waals surface area contributed by atoms with Gasteiger partial charge in [0.15, 0.2) is 6.61 Å². The lowest BCUT2D eigenvalue weighted by molar-refractivity contribution is -0.136. The Labute approximate surface area is 142 Å². The molecule has 0 spiro atoms. The summed E-state index contributed by atoms with van der Waals surface area (Å²) in [7, 11) is 0. The number of benzene rings is 2. The molecule has 2 N–H and O–H groups in total. The van der Waals surface area contributed by atoms with E-state index in [2.05, 4.69) is 0 Å². The monoisotopic (exact) mass is 326 g/mol. The van der Waals surface area contributed by atoms with E-state index in [1.165, 1.54) is 0 Å². The van der Waals surface area contributed by atoms with Crippen molar-refractivity contribution in [3.8, 4) is 0 Å². The zero-order valence-corrected chi connectivity index (χ0v) is 13.9. The Kier molecular flexibility index (Phi) is 5.95. The smallest absolute Gasteiger partial charge is 0.338 e. The average molecular weight is 326 g/mol. The highest BCUT2D eigenvalue weighted by Gasteiger charge is 2.19. The molecule has 0 aliphatic carbocycles. The predicted molar refractivity (Wildman–Crippen MR) is 93.3 cm³/mol. The molecular formula is C19H22N2O3. The molecule has 0 saturated heterocycles. The van der Waals surface area contributed by atoms with Gasteiger partial charge in [-0.3, -0.25) is 4.79 Å². The second kappa shape index (κ2) is 8.15. The lowest BCUT2D eigenvalue weighted by Crippen LogP contribution is -2.39. The van der Waals surface area contributed by atoms with Crippen molar-refractivity contribution >= 4 is 17.6 Å². The standard InChI is InChI=1S/C19H22N2O3/c1-14(2)21(12-15-6-4-3-5-7-15)18(22)13-24-19(23)16-8-10-17(20)11-9-16/h3-11,14H,12-13,20H2,1-2H3. The van der Waals surface area contributed by atoms with Gasteiger partial charge in [0, 0.05) is 18.3 Å². The fourth-order valence-corrected chi connectivity index (χ4v) is 2.25. The van der Waals surface area contributed by atoms with Crippen molar-refractivity contribution in [2.45, 2.75) is 26.4 Å². The van der Waals surface area contributed by atoms with E-state index in [0.717, 1.165) is 5.56 Å². The number of nitrogens with zero attached hydrogens (tertiary/aromatic N) is 1. The van der Waals surface area contributed by atoms with Crippen LogP contribution in [-0.2, 0) is 16.1 Å². The van der Waals surface area contributed by atoms with Gasteiger partial charge in [-0.15, -0.1) is 0 Å². The van der Waals surface area contributed by atoms with Crippen LogP contribution in [0.3, 0.4) is 0 Å². The molecule has 2 rings (SSSR count). The molecule has 2 aromatic carbocycles. The van der Waals surface area contributed by atoms with Gasteiger partial charge in [0.2, 0.25) is 0 Å². The third-order valence-corrected chi connectivity index (χ3v) is 3.61. The Morgan fingerprint density at radius 3 is 2.25 bits per heavy atom. The fraction of sp³-hybridized carbons (Fsp3) is 0.263. The van der Waals surface area contributed by atoms with E-state index in [4.69, 9.17) is 10.5 Å². The topological polar surface area (TPSA) is 72.6 Å². The summed E-state index contributed by atoms with van der Waals surface area (Å²) in [6.45, 7) is 4.07. The zero-order valence-electron chi connectivity index (χ0n) is 13.9. The number of carbonyl (C=O) groups excluding carboxylic acids is 2. The van der Waals surface area contributed by atoms with E-state index in [9.17, 15) is 9.59 Å². The van der Waals surface area contributed by atoms with Crippen LogP contribution in [0, 0.1) is 0 Å². The van der Waals surface area contributed by atoms with Gasteiger partial charge in [-0.25, -0.2) is 4.79 Å². The van der Waals surface area contributed by atoms with Crippen LogP contribution in [0.2, 0.25) is 0 Å². The summed E-state index contributed by atoms with van der Waals surface area (Å²) >= 11 is 0. The van der Waals surface area contributed by atoms with Gasteiger partial charge in [0.25, 0.3) is 5.91 Å². The van der Waals surface area contributed by atoms with Crippen molar-refractivity contribution in [2.24, 2.45) is 0 Å². The van der Waals surface area contributed by atoms with Crippen LogP contribution in [-0.4, -0.2) is 29.4 Å². The Morgan fingerprint density at radius 2 is 1.67 bits per heavy atom. The Hall–Kier alpha value is -2.82. The molecule has 24 heavy (non-hydrogen) atoms. The van der Waals surface area contributed by atoms with Crippen molar-refractivity contribution < 1.29 is 14.3 Å². The maximum absolute atomic E-state index is 12.4. The maximum Gasteiger partial charge on any atom is 0.338 e. The molecule has 0 bridgehead atoms. The summed E-state index contributed by atoms with van der Waals surface area (Å²) in [5.74, 6) is -0.760. The molecule has 2 aromatic rings. The van der Waals surface area contributed by atoms with Crippen LogP contribution < -0.4 is 5.73 Å². The van der Waals surface area contributed by atoms with Crippen LogP contribution in [0.1, 0.15) is 29.8 Å². The molecule has 5 nitrogen and oxygen atoms in total. The highest BCUT2D eigenvalue weighted by Crippen LogP contribution is 2.10. The summed E-state index contributed by atoms with van der Waals surface area (Å²) in [4.78, 5) is 26.1. The van der Waals surface area contributed by atoms with E-state index in [1.807, 2.05) is 44.2 Å². The first kappa shape index (κ1) is 17.5. The molecular weight excluding hydrogens is 304 g/mol. The molecule has 0 aromatic heterocycles. The number of esters is 1. The first-order valence-corrected chi connectivity index (χ1v) is 7.83. The summed E-state index contributed by atoms with van der Waals surface area (Å²) in [5, 5.41) is 0. The van der Waals surface area contributed by atoms with E-state index >= 15 is 0 Å². The number of carbonyl (C=O) groups is 2. The minimum Gasteiger partial charge on any atom is -0.452 e. The van der Waals surface area contributed by atoms with Crippen molar-refractivity contribution in [3.05, 3.63) is 65.7 Å².